The second-order valence-electron chi connectivity index (χ2n) is 4.37. The van der Waals surface area contributed by atoms with E-state index in [1.165, 1.54) is 18.2 Å². The maximum atomic E-state index is 10.9. The highest BCUT2D eigenvalue weighted by atomic mass is 16.5. The molecule has 0 spiro atoms. The lowest BCUT2D eigenvalue weighted by atomic mass is 10.1. The van der Waals surface area contributed by atoms with Gasteiger partial charge in [0.1, 0.15) is 0 Å². The fourth-order valence-corrected chi connectivity index (χ4v) is 1.60. The van der Waals surface area contributed by atoms with E-state index >= 15 is 0 Å². The number of methoxy groups -OCH3 is 1. The van der Waals surface area contributed by atoms with Crippen LogP contribution in [0.2, 0.25) is 0 Å². The van der Waals surface area contributed by atoms with Crippen LogP contribution in [0, 0.1) is 6.92 Å². The molecule has 0 heterocycles. The fourth-order valence-electron chi connectivity index (χ4n) is 1.60. The molecule has 1 aromatic carbocycles. The normalized spacial score (nSPS) is 12.2. The Kier molecular flexibility index (Phi) is 6.39. The number of aliphatic hydroxyl groups excluding tert-OH is 1. The van der Waals surface area contributed by atoms with Crippen molar-refractivity contribution in [3.05, 3.63) is 35.4 Å². The molecule has 0 aliphatic rings. The number of aliphatic hydroxyl groups is 1. The molecule has 4 nitrogen and oxygen atoms in total. The molecule has 18 heavy (non-hydrogen) atoms. The number of ether oxygens (including phenoxy) is 1. The van der Waals surface area contributed by atoms with Crippen LogP contribution in [-0.2, 0) is 16.0 Å². The molecule has 0 aliphatic heterocycles. The van der Waals surface area contributed by atoms with E-state index in [9.17, 15) is 9.90 Å². The molecule has 0 radical (unpaired) electrons. The second kappa shape index (κ2) is 7.84. The summed E-state index contributed by atoms with van der Waals surface area (Å²) in [6, 6.07) is 8.37. The lowest BCUT2D eigenvalue weighted by Gasteiger charge is -2.10. The minimum atomic E-state index is -0.685. The standard InChI is InChI=1S/C14H21NO3/c1-11-3-5-12(6-4-11)7-8-15-10-13(16)9-14(17)18-2/h3-6,13,15-16H,7-10H2,1-2H3. The Hall–Kier alpha value is -1.39. The van der Waals surface area contributed by atoms with Crippen LogP contribution in [0.3, 0.4) is 0 Å². The third-order valence-electron chi connectivity index (χ3n) is 2.72. The Labute approximate surface area is 108 Å². The van der Waals surface area contributed by atoms with Gasteiger partial charge in [-0.05, 0) is 25.5 Å². The number of nitrogens with one attached hydrogen (secondary N) is 1. The molecule has 0 amide bonds. The van der Waals surface area contributed by atoms with Gasteiger partial charge in [0.2, 0.25) is 0 Å². The molecular formula is C14H21NO3. The summed E-state index contributed by atoms with van der Waals surface area (Å²) in [5, 5.41) is 12.6. The van der Waals surface area contributed by atoms with Gasteiger partial charge in [0, 0.05) is 6.54 Å². The molecule has 2 N–H and O–H groups in total. The molecule has 0 fully saturated rings. The van der Waals surface area contributed by atoms with Crippen LogP contribution in [0.5, 0.6) is 0 Å². The maximum Gasteiger partial charge on any atom is 0.308 e. The van der Waals surface area contributed by atoms with Crippen LogP contribution in [0.4, 0.5) is 0 Å². The number of aryl methyl sites for hydroxylation is 1. The topological polar surface area (TPSA) is 58.6 Å². The first-order chi connectivity index (χ1) is 8.61. The van der Waals surface area contributed by atoms with Gasteiger partial charge in [0.05, 0.1) is 19.6 Å². The molecule has 0 saturated carbocycles. The van der Waals surface area contributed by atoms with Crippen molar-refractivity contribution >= 4 is 5.97 Å². The summed E-state index contributed by atoms with van der Waals surface area (Å²) in [5.74, 6) is -0.386. The highest BCUT2D eigenvalue weighted by Crippen LogP contribution is 2.03. The number of esters is 1. The van der Waals surface area contributed by atoms with Crippen LogP contribution in [-0.4, -0.2) is 37.4 Å². The first kappa shape index (κ1) is 14.7. The zero-order valence-corrected chi connectivity index (χ0v) is 11.0. The SMILES string of the molecule is COC(=O)CC(O)CNCCc1ccc(C)cc1. The smallest absolute Gasteiger partial charge is 0.308 e. The lowest BCUT2D eigenvalue weighted by Crippen LogP contribution is -2.30. The summed E-state index contributed by atoms with van der Waals surface area (Å²) in [5.41, 5.74) is 2.51. The van der Waals surface area contributed by atoms with Crippen LogP contribution in [0.1, 0.15) is 17.5 Å². The highest BCUT2D eigenvalue weighted by Gasteiger charge is 2.09. The Bertz CT molecular complexity index is 362. The predicted octanol–water partition coefficient (Wildman–Crippen LogP) is 1.05. The van der Waals surface area contributed by atoms with Crippen molar-refractivity contribution in [1.29, 1.82) is 0 Å². The van der Waals surface area contributed by atoms with Gasteiger partial charge in [-0.2, -0.15) is 0 Å². The molecular weight excluding hydrogens is 230 g/mol. The van der Waals surface area contributed by atoms with Crippen LogP contribution >= 0.6 is 0 Å². The molecule has 1 unspecified atom stereocenters. The van der Waals surface area contributed by atoms with Gasteiger partial charge in [-0.15, -0.1) is 0 Å². The van der Waals surface area contributed by atoms with Crippen molar-refractivity contribution < 1.29 is 14.6 Å². The summed E-state index contributed by atoms with van der Waals surface area (Å²) in [4.78, 5) is 10.9. The number of rotatable bonds is 7. The predicted molar refractivity (Wildman–Crippen MR) is 70.4 cm³/mol. The molecule has 4 heteroatoms. The van der Waals surface area contributed by atoms with Crippen molar-refractivity contribution in [2.75, 3.05) is 20.2 Å². The summed E-state index contributed by atoms with van der Waals surface area (Å²) in [6.45, 7) is 3.24. The fraction of sp³-hybridized carbons (Fsp3) is 0.500. The molecule has 1 aromatic rings. The largest absolute Gasteiger partial charge is 0.469 e. The summed E-state index contributed by atoms with van der Waals surface area (Å²) >= 11 is 0. The Balaban J connectivity index is 2.14. The number of hydrogen-bond acceptors (Lipinski definition) is 4. The third kappa shape index (κ3) is 5.80. The second-order valence-corrected chi connectivity index (χ2v) is 4.37. The first-order valence-electron chi connectivity index (χ1n) is 6.13. The molecule has 1 atom stereocenters. The molecule has 100 valence electrons. The molecule has 0 aromatic heterocycles. The van der Waals surface area contributed by atoms with E-state index in [0.717, 1.165) is 13.0 Å². The van der Waals surface area contributed by atoms with Crippen LogP contribution < -0.4 is 5.32 Å². The van der Waals surface area contributed by atoms with E-state index in [1.54, 1.807) is 0 Å². The monoisotopic (exact) mass is 251 g/mol. The number of benzene rings is 1. The minimum Gasteiger partial charge on any atom is -0.469 e. The van der Waals surface area contributed by atoms with Crippen molar-refractivity contribution in [3.8, 4) is 0 Å². The van der Waals surface area contributed by atoms with E-state index in [0.29, 0.717) is 6.54 Å². The minimum absolute atomic E-state index is 0.0357. The molecule has 0 bridgehead atoms. The lowest BCUT2D eigenvalue weighted by molar-refractivity contribution is -0.142. The number of hydrogen-bond donors (Lipinski definition) is 2. The average molecular weight is 251 g/mol. The quantitative estimate of drug-likeness (QED) is 0.562. The van der Waals surface area contributed by atoms with Gasteiger partial charge in [-0.25, -0.2) is 0 Å². The van der Waals surface area contributed by atoms with Gasteiger partial charge >= 0.3 is 5.97 Å². The van der Waals surface area contributed by atoms with Crippen LogP contribution in [0.25, 0.3) is 0 Å². The van der Waals surface area contributed by atoms with Gasteiger partial charge in [-0.1, -0.05) is 29.8 Å². The first-order valence-corrected chi connectivity index (χ1v) is 6.13. The van der Waals surface area contributed by atoms with Crippen molar-refractivity contribution in [3.63, 3.8) is 0 Å². The zero-order valence-electron chi connectivity index (χ0n) is 11.0. The van der Waals surface area contributed by atoms with Gasteiger partial charge in [-0.3, -0.25) is 4.79 Å². The number of carbonyl (C=O) groups is 1. The van der Waals surface area contributed by atoms with Gasteiger partial charge in [0.25, 0.3) is 0 Å². The van der Waals surface area contributed by atoms with Crippen molar-refractivity contribution in [2.45, 2.75) is 25.9 Å². The van der Waals surface area contributed by atoms with E-state index in [1.807, 2.05) is 0 Å². The molecule has 0 aliphatic carbocycles. The Morgan fingerprint density at radius 1 is 1.39 bits per heavy atom. The number of carbonyl (C=O) groups excluding carboxylic acids is 1. The van der Waals surface area contributed by atoms with E-state index in [4.69, 9.17) is 0 Å². The maximum absolute atomic E-state index is 10.9. The summed E-state index contributed by atoms with van der Waals surface area (Å²) in [7, 11) is 1.32. The van der Waals surface area contributed by atoms with Gasteiger partial charge < -0.3 is 15.2 Å². The Morgan fingerprint density at radius 3 is 2.67 bits per heavy atom. The van der Waals surface area contributed by atoms with Gasteiger partial charge in [0.15, 0.2) is 0 Å². The van der Waals surface area contributed by atoms with E-state index in [2.05, 4.69) is 41.2 Å². The average Bonchev–Trinajstić information content (AvgIpc) is 2.36. The summed E-state index contributed by atoms with van der Waals surface area (Å²) in [6.07, 6.45) is 0.259. The molecule has 1 rings (SSSR count). The Morgan fingerprint density at radius 2 is 2.06 bits per heavy atom. The van der Waals surface area contributed by atoms with Crippen molar-refractivity contribution in [2.24, 2.45) is 0 Å². The van der Waals surface area contributed by atoms with Crippen molar-refractivity contribution in [1.82, 2.24) is 5.32 Å². The van der Waals surface area contributed by atoms with E-state index in [-0.39, 0.29) is 12.4 Å². The third-order valence-corrected chi connectivity index (χ3v) is 2.72. The van der Waals surface area contributed by atoms with E-state index < -0.39 is 6.10 Å². The zero-order chi connectivity index (χ0) is 13.4. The summed E-state index contributed by atoms with van der Waals surface area (Å²) < 4.78 is 4.48. The van der Waals surface area contributed by atoms with Crippen LogP contribution in [0.15, 0.2) is 24.3 Å². The highest BCUT2D eigenvalue weighted by molar-refractivity contribution is 5.69. The molecule has 0 saturated heterocycles.